The molecule has 0 unspecified atom stereocenters. The van der Waals surface area contributed by atoms with Crippen molar-refractivity contribution in [3.05, 3.63) is 24.3 Å². The van der Waals surface area contributed by atoms with Crippen LogP contribution in [-0.2, 0) is 0 Å². The number of hydrogen-bond donors (Lipinski definition) is 2. The molecule has 15 heavy (non-hydrogen) atoms. The summed E-state index contributed by atoms with van der Waals surface area (Å²) >= 11 is 0. The van der Waals surface area contributed by atoms with E-state index in [1.165, 1.54) is 12.1 Å². The van der Waals surface area contributed by atoms with E-state index in [1.807, 2.05) is 0 Å². The molecule has 1 fully saturated rings. The first-order valence-corrected chi connectivity index (χ1v) is 4.30. The number of anilines is 1. The SMILES string of the molecule is [2H]C1([2H])N(c2cccc(B(O)O)c2)C([2H])([2H])C([2H])([2H])C([2H])([2H])C1([2H])[2H]. The van der Waals surface area contributed by atoms with Crippen LogP contribution in [0.4, 0.5) is 5.69 Å². The minimum Gasteiger partial charge on any atom is -0.423 e. The molecule has 1 aromatic rings. The Hall–Kier alpha value is -0.995. The second-order valence-corrected chi connectivity index (χ2v) is 2.90. The largest absolute Gasteiger partial charge is 0.488 e. The van der Waals surface area contributed by atoms with E-state index in [9.17, 15) is 10.0 Å². The normalized spacial score (nSPS) is 43.2. The van der Waals surface area contributed by atoms with Crippen LogP contribution in [0.2, 0.25) is 0 Å². The molecule has 1 saturated heterocycles. The summed E-state index contributed by atoms with van der Waals surface area (Å²) in [5.74, 6) is 0. The number of rotatable bonds is 2. The zero-order valence-electron chi connectivity index (χ0n) is 17.7. The first-order chi connectivity index (χ1) is 11.0. The van der Waals surface area contributed by atoms with Crippen molar-refractivity contribution < 1.29 is 23.8 Å². The van der Waals surface area contributed by atoms with Crippen molar-refractivity contribution in [2.45, 2.75) is 19.1 Å². The Kier molecular flexibility index (Phi) is 1.18. The van der Waals surface area contributed by atoms with Gasteiger partial charge in [0.1, 0.15) is 0 Å². The topological polar surface area (TPSA) is 43.7 Å². The van der Waals surface area contributed by atoms with Gasteiger partial charge in [-0.2, -0.15) is 0 Å². The fourth-order valence-corrected chi connectivity index (χ4v) is 1.18. The van der Waals surface area contributed by atoms with Gasteiger partial charge in [-0.1, -0.05) is 12.1 Å². The monoisotopic (exact) mass is 215 g/mol. The number of hydrogen-bond acceptors (Lipinski definition) is 3. The molecular formula is C11H16BNO2. The van der Waals surface area contributed by atoms with Gasteiger partial charge in [0.25, 0.3) is 0 Å². The molecule has 0 radical (unpaired) electrons. The molecule has 0 bridgehead atoms. The Morgan fingerprint density at radius 2 is 1.93 bits per heavy atom. The summed E-state index contributed by atoms with van der Waals surface area (Å²) in [7, 11) is -1.96. The molecule has 0 aliphatic carbocycles. The van der Waals surface area contributed by atoms with Crippen molar-refractivity contribution in [2.24, 2.45) is 0 Å². The molecule has 1 heterocycles. The van der Waals surface area contributed by atoms with Gasteiger partial charge < -0.3 is 14.9 Å². The minimum absolute atomic E-state index is 0.140. The Morgan fingerprint density at radius 1 is 1.20 bits per heavy atom. The van der Waals surface area contributed by atoms with E-state index in [2.05, 4.69) is 0 Å². The Labute approximate surface area is 105 Å². The predicted octanol–water partition coefficient (Wildman–Crippen LogP) is 0.357. The first-order valence-electron chi connectivity index (χ1n) is 9.30. The van der Waals surface area contributed by atoms with Gasteiger partial charge in [0.2, 0.25) is 0 Å². The zero-order valence-corrected chi connectivity index (χ0v) is 7.73. The van der Waals surface area contributed by atoms with Gasteiger partial charge in [0.05, 0.1) is 0 Å². The van der Waals surface area contributed by atoms with Gasteiger partial charge in [0, 0.05) is 32.4 Å². The molecule has 80 valence electrons. The molecule has 1 aliphatic rings. The third kappa shape index (κ3) is 2.52. The summed E-state index contributed by atoms with van der Waals surface area (Å²) in [6.07, 6.45) is -10.3. The highest BCUT2D eigenvalue weighted by Crippen LogP contribution is 2.18. The fourth-order valence-electron chi connectivity index (χ4n) is 1.18. The second-order valence-electron chi connectivity index (χ2n) is 2.90. The van der Waals surface area contributed by atoms with Gasteiger partial charge in [-0.25, -0.2) is 0 Å². The molecule has 4 heteroatoms. The molecule has 3 nitrogen and oxygen atoms in total. The van der Waals surface area contributed by atoms with Gasteiger partial charge in [0.15, 0.2) is 0 Å². The molecule has 0 aromatic heterocycles. The van der Waals surface area contributed by atoms with E-state index in [0.717, 1.165) is 12.1 Å². The van der Waals surface area contributed by atoms with Gasteiger partial charge in [-0.05, 0) is 36.7 Å². The van der Waals surface area contributed by atoms with Crippen LogP contribution in [0.3, 0.4) is 0 Å². The lowest BCUT2D eigenvalue weighted by atomic mass is 9.80. The predicted molar refractivity (Wildman–Crippen MR) is 62.3 cm³/mol. The molecule has 2 N–H and O–H groups in total. The van der Waals surface area contributed by atoms with Crippen molar-refractivity contribution in [1.29, 1.82) is 0 Å². The van der Waals surface area contributed by atoms with Crippen molar-refractivity contribution >= 4 is 18.3 Å². The summed E-state index contributed by atoms with van der Waals surface area (Å²) in [5, 5.41) is 18.5. The van der Waals surface area contributed by atoms with Crippen LogP contribution in [0.15, 0.2) is 24.3 Å². The quantitative estimate of drug-likeness (QED) is 0.700. The molecular weight excluding hydrogens is 189 g/mol. The average Bonchev–Trinajstić information content (AvgIpc) is 2.45. The molecule has 0 amide bonds. The van der Waals surface area contributed by atoms with E-state index >= 15 is 0 Å². The van der Waals surface area contributed by atoms with E-state index in [-0.39, 0.29) is 16.1 Å². The summed E-state index contributed by atoms with van der Waals surface area (Å²) in [4.78, 5) is 0.174. The molecule has 1 aliphatic heterocycles. The third-order valence-corrected chi connectivity index (χ3v) is 1.89. The average molecular weight is 215 g/mol. The molecule has 0 saturated carbocycles. The number of piperidine rings is 1. The number of nitrogens with zero attached hydrogens (tertiary/aromatic N) is 1. The van der Waals surface area contributed by atoms with Crippen LogP contribution in [0.25, 0.3) is 0 Å². The summed E-state index contributed by atoms with van der Waals surface area (Å²) < 4.78 is 79.0. The summed E-state index contributed by atoms with van der Waals surface area (Å²) in [5.41, 5.74) is -0.498. The zero-order chi connectivity index (χ0) is 19.6. The van der Waals surface area contributed by atoms with Gasteiger partial charge >= 0.3 is 7.12 Å². The molecule has 1 aromatic carbocycles. The summed E-state index contributed by atoms with van der Waals surface area (Å²) in [6.45, 7) is -6.57. The Morgan fingerprint density at radius 3 is 2.60 bits per heavy atom. The smallest absolute Gasteiger partial charge is 0.423 e. The van der Waals surface area contributed by atoms with E-state index < -0.39 is 39.2 Å². The molecule has 2 rings (SSSR count). The fraction of sp³-hybridized carbons (Fsp3) is 0.455. The van der Waals surface area contributed by atoms with Crippen LogP contribution in [0, 0.1) is 0 Å². The maximum absolute atomic E-state index is 9.24. The lowest BCUT2D eigenvalue weighted by Gasteiger charge is -2.29. The maximum atomic E-state index is 9.24. The lowest BCUT2D eigenvalue weighted by Crippen LogP contribution is -2.33. The minimum atomic E-state index is -3.49. The standard InChI is InChI=1S/C11H16BNO2/c14-12(15)10-5-4-6-11(9-10)13-7-2-1-3-8-13/h4-6,9,14-15H,1-3,7-8H2/i1D2,2D2,3D2,7D2,8D2. The Balaban J connectivity index is 2.78. The highest BCUT2D eigenvalue weighted by molar-refractivity contribution is 6.58. The van der Waals surface area contributed by atoms with Crippen molar-refractivity contribution in [3.63, 3.8) is 0 Å². The van der Waals surface area contributed by atoms with Crippen LogP contribution >= 0.6 is 0 Å². The molecule has 0 atom stereocenters. The lowest BCUT2D eigenvalue weighted by molar-refractivity contribution is 0.426. The van der Waals surface area contributed by atoms with Crippen molar-refractivity contribution in [1.82, 2.24) is 0 Å². The highest BCUT2D eigenvalue weighted by Gasteiger charge is 2.14. The van der Waals surface area contributed by atoms with E-state index in [0.29, 0.717) is 0 Å². The highest BCUT2D eigenvalue weighted by atomic mass is 16.4. The molecule has 0 spiro atoms. The third-order valence-electron chi connectivity index (χ3n) is 1.89. The van der Waals surface area contributed by atoms with Gasteiger partial charge in [-0.3, -0.25) is 0 Å². The maximum Gasteiger partial charge on any atom is 0.488 e. The second kappa shape index (κ2) is 4.68. The van der Waals surface area contributed by atoms with E-state index in [1.54, 1.807) is 0 Å². The van der Waals surface area contributed by atoms with Crippen LogP contribution < -0.4 is 10.4 Å². The van der Waals surface area contributed by atoms with E-state index in [4.69, 9.17) is 13.7 Å². The van der Waals surface area contributed by atoms with Crippen LogP contribution in [0.5, 0.6) is 0 Å². The number of benzene rings is 1. The van der Waals surface area contributed by atoms with Crippen LogP contribution in [-0.4, -0.2) is 30.2 Å². The van der Waals surface area contributed by atoms with Crippen LogP contribution in [0.1, 0.15) is 32.8 Å². The first kappa shape index (κ1) is 3.79. The van der Waals surface area contributed by atoms with Crippen molar-refractivity contribution in [3.8, 4) is 0 Å². The summed E-state index contributed by atoms with van der Waals surface area (Å²) in [6, 6.07) is 4.62. The van der Waals surface area contributed by atoms with Gasteiger partial charge in [-0.15, -0.1) is 0 Å². The Bertz CT molecular complexity index is 651. The van der Waals surface area contributed by atoms with Crippen molar-refractivity contribution in [2.75, 3.05) is 17.9 Å².